The first-order valence-corrected chi connectivity index (χ1v) is 7.35. The van der Waals surface area contributed by atoms with E-state index in [0.717, 1.165) is 0 Å². The molecule has 1 amide bonds. The summed E-state index contributed by atoms with van der Waals surface area (Å²) in [6, 6.07) is 13.1. The predicted molar refractivity (Wildman–Crippen MR) is 87.4 cm³/mol. The van der Waals surface area contributed by atoms with Crippen LogP contribution in [0.1, 0.15) is 12.5 Å². The monoisotopic (exact) mass is 320 g/mol. The Balaban J connectivity index is 1.97. The number of carbonyl (C=O) groups excluding carboxylic acids is 1. The van der Waals surface area contributed by atoms with Crippen LogP contribution < -0.4 is 5.32 Å². The number of rotatable bonds is 5. The molecule has 22 heavy (non-hydrogen) atoms. The fourth-order valence-corrected chi connectivity index (χ4v) is 2.14. The van der Waals surface area contributed by atoms with Crippen molar-refractivity contribution in [2.45, 2.75) is 19.5 Å². The molecule has 2 aromatic carbocycles. The second-order valence-electron chi connectivity index (χ2n) is 5.18. The number of hydrogen-bond donors (Lipinski definition) is 1. The molecule has 0 bridgehead atoms. The minimum atomic E-state index is -0.393. The molecule has 0 aromatic heterocycles. The van der Waals surface area contributed by atoms with Gasteiger partial charge >= 0.3 is 0 Å². The minimum absolute atomic E-state index is 0.152. The van der Waals surface area contributed by atoms with Gasteiger partial charge in [0.2, 0.25) is 5.91 Å². The topological polar surface area (TPSA) is 32.3 Å². The lowest BCUT2D eigenvalue weighted by atomic mass is 10.1. The summed E-state index contributed by atoms with van der Waals surface area (Å²) in [5, 5.41) is 3.43. The van der Waals surface area contributed by atoms with Gasteiger partial charge in [-0.1, -0.05) is 29.8 Å². The second-order valence-corrected chi connectivity index (χ2v) is 5.62. The molecule has 0 unspecified atom stereocenters. The van der Waals surface area contributed by atoms with Gasteiger partial charge in [-0.25, -0.2) is 4.39 Å². The average Bonchev–Trinajstić information content (AvgIpc) is 2.51. The molecule has 2 rings (SSSR count). The summed E-state index contributed by atoms with van der Waals surface area (Å²) in [5.41, 5.74) is 1.25. The van der Waals surface area contributed by atoms with Crippen LogP contribution in [-0.4, -0.2) is 23.9 Å². The first kappa shape index (κ1) is 16.5. The van der Waals surface area contributed by atoms with Crippen molar-refractivity contribution in [3.05, 3.63) is 64.9 Å². The van der Waals surface area contributed by atoms with E-state index in [1.165, 1.54) is 6.07 Å². The molecule has 0 aliphatic rings. The van der Waals surface area contributed by atoms with E-state index < -0.39 is 6.04 Å². The third-order valence-corrected chi connectivity index (χ3v) is 3.78. The van der Waals surface area contributed by atoms with E-state index in [-0.39, 0.29) is 11.7 Å². The van der Waals surface area contributed by atoms with Gasteiger partial charge in [0, 0.05) is 22.8 Å². The first-order valence-electron chi connectivity index (χ1n) is 6.97. The maximum atomic E-state index is 13.7. The molecule has 0 aliphatic carbocycles. The number of benzene rings is 2. The maximum absolute atomic E-state index is 13.7. The van der Waals surface area contributed by atoms with Crippen molar-refractivity contribution < 1.29 is 9.18 Å². The summed E-state index contributed by atoms with van der Waals surface area (Å²) < 4.78 is 13.7. The van der Waals surface area contributed by atoms with Crippen LogP contribution in [0.25, 0.3) is 0 Å². The van der Waals surface area contributed by atoms with E-state index in [9.17, 15) is 9.18 Å². The molecule has 0 saturated heterocycles. The molecule has 2 aromatic rings. The van der Waals surface area contributed by atoms with Crippen LogP contribution in [0.5, 0.6) is 0 Å². The Bertz CT molecular complexity index is 645. The molecule has 3 nitrogen and oxygen atoms in total. The molecule has 0 fully saturated rings. The van der Waals surface area contributed by atoms with Crippen molar-refractivity contribution in [2.75, 3.05) is 12.4 Å². The van der Waals surface area contributed by atoms with Crippen molar-refractivity contribution >= 4 is 23.2 Å². The van der Waals surface area contributed by atoms with Gasteiger partial charge in [-0.3, -0.25) is 9.69 Å². The molecule has 5 heteroatoms. The maximum Gasteiger partial charge on any atom is 0.241 e. The fourth-order valence-electron chi connectivity index (χ4n) is 2.01. The quantitative estimate of drug-likeness (QED) is 0.905. The van der Waals surface area contributed by atoms with Gasteiger partial charge in [0.25, 0.3) is 0 Å². The van der Waals surface area contributed by atoms with Crippen LogP contribution in [0.15, 0.2) is 48.5 Å². The molecular formula is C17H18ClFN2O. The van der Waals surface area contributed by atoms with Crippen LogP contribution in [-0.2, 0) is 11.3 Å². The molecule has 0 spiro atoms. The Kier molecular flexibility index (Phi) is 5.52. The van der Waals surface area contributed by atoms with E-state index in [4.69, 9.17) is 11.6 Å². The summed E-state index contributed by atoms with van der Waals surface area (Å²) in [6.07, 6.45) is 0. The van der Waals surface area contributed by atoms with Gasteiger partial charge in [-0.15, -0.1) is 0 Å². The van der Waals surface area contributed by atoms with Gasteiger partial charge in [-0.2, -0.15) is 0 Å². The molecule has 0 radical (unpaired) electrons. The van der Waals surface area contributed by atoms with E-state index in [2.05, 4.69) is 5.32 Å². The van der Waals surface area contributed by atoms with Gasteiger partial charge in [-0.05, 0) is 44.3 Å². The van der Waals surface area contributed by atoms with Crippen molar-refractivity contribution in [1.82, 2.24) is 4.90 Å². The number of anilines is 1. The Morgan fingerprint density at radius 1 is 1.23 bits per heavy atom. The average molecular weight is 321 g/mol. The summed E-state index contributed by atoms with van der Waals surface area (Å²) in [4.78, 5) is 14.0. The highest BCUT2D eigenvalue weighted by molar-refractivity contribution is 6.30. The fraction of sp³-hybridized carbons (Fsp3) is 0.235. The van der Waals surface area contributed by atoms with Crippen LogP contribution in [0.3, 0.4) is 0 Å². The highest BCUT2D eigenvalue weighted by Gasteiger charge is 2.19. The zero-order chi connectivity index (χ0) is 16.1. The third kappa shape index (κ3) is 4.29. The number of likely N-dealkylation sites (N-methyl/N-ethyl adjacent to an activating group) is 1. The number of nitrogens with one attached hydrogen (secondary N) is 1. The molecule has 116 valence electrons. The van der Waals surface area contributed by atoms with Crippen LogP contribution in [0, 0.1) is 5.82 Å². The predicted octanol–water partition coefficient (Wildman–Crippen LogP) is 3.94. The lowest BCUT2D eigenvalue weighted by molar-refractivity contribution is -0.120. The highest BCUT2D eigenvalue weighted by atomic mass is 35.5. The Labute approximate surface area is 134 Å². The molecule has 0 heterocycles. The standard InChI is InChI=1S/C17H18ClFN2O/c1-12(17(22)20-15-9-7-14(18)8-10-15)21(2)11-13-5-3-4-6-16(13)19/h3-10,12H,11H2,1-2H3,(H,20,22)/t12-/m1/s1. The van der Waals surface area contributed by atoms with Crippen LogP contribution in [0.4, 0.5) is 10.1 Å². The summed E-state index contributed by atoms with van der Waals surface area (Å²) in [5.74, 6) is -0.416. The van der Waals surface area contributed by atoms with E-state index in [1.54, 1.807) is 61.3 Å². The van der Waals surface area contributed by atoms with Gasteiger partial charge in [0.15, 0.2) is 0 Å². The van der Waals surface area contributed by atoms with E-state index in [1.807, 2.05) is 0 Å². The molecule has 1 atom stereocenters. The van der Waals surface area contributed by atoms with Gasteiger partial charge in [0.05, 0.1) is 6.04 Å². The zero-order valence-corrected chi connectivity index (χ0v) is 13.3. The number of hydrogen-bond acceptors (Lipinski definition) is 2. The third-order valence-electron chi connectivity index (χ3n) is 3.53. The lowest BCUT2D eigenvalue weighted by Crippen LogP contribution is -2.39. The van der Waals surface area contributed by atoms with Crippen molar-refractivity contribution in [2.24, 2.45) is 0 Å². The van der Waals surface area contributed by atoms with Crippen molar-refractivity contribution in [1.29, 1.82) is 0 Å². The summed E-state index contributed by atoms with van der Waals surface area (Å²) in [6.45, 7) is 2.15. The summed E-state index contributed by atoms with van der Waals surface area (Å²) in [7, 11) is 1.79. The number of amides is 1. The molecule has 1 N–H and O–H groups in total. The van der Waals surface area contributed by atoms with Crippen LogP contribution >= 0.6 is 11.6 Å². The smallest absolute Gasteiger partial charge is 0.241 e. The Morgan fingerprint density at radius 3 is 2.50 bits per heavy atom. The molecule has 0 aliphatic heterocycles. The highest BCUT2D eigenvalue weighted by Crippen LogP contribution is 2.15. The number of carbonyl (C=O) groups is 1. The van der Waals surface area contributed by atoms with Crippen molar-refractivity contribution in [3.8, 4) is 0 Å². The minimum Gasteiger partial charge on any atom is -0.325 e. The zero-order valence-electron chi connectivity index (χ0n) is 12.5. The number of nitrogens with zero attached hydrogens (tertiary/aromatic N) is 1. The first-order chi connectivity index (χ1) is 10.5. The summed E-state index contributed by atoms with van der Waals surface area (Å²) >= 11 is 5.81. The van der Waals surface area contributed by atoms with Crippen LogP contribution in [0.2, 0.25) is 5.02 Å². The van der Waals surface area contributed by atoms with Crippen molar-refractivity contribution in [3.63, 3.8) is 0 Å². The van der Waals surface area contributed by atoms with E-state index >= 15 is 0 Å². The molecule has 0 saturated carbocycles. The Morgan fingerprint density at radius 2 is 1.86 bits per heavy atom. The lowest BCUT2D eigenvalue weighted by Gasteiger charge is -2.24. The SMILES string of the molecule is C[C@H](C(=O)Nc1ccc(Cl)cc1)N(C)Cc1ccccc1F. The van der Waals surface area contributed by atoms with E-state index in [0.29, 0.717) is 22.8 Å². The molecular weight excluding hydrogens is 303 g/mol. The second kappa shape index (κ2) is 7.38. The Hall–Kier alpha value is -1.91. The normalized spacial score (nSPS) is 12.2. The largest absolute Gasteiger partial charge is 0.325 e. The van der Waals surface area contributed by atoms with Gasteiger partial charge < -0.3 is 5.32 Å². The van der Waals surface area contributed by atoms with Gasteiger partial charge in [0.1, 0.15) is 5.82 Å². The number of halogens is 2.